The lowest BCUT2D eigenvalue weighted by Gasteiger charge is -2.25. The molecule has 1 aromatic carbocycles. The van der Waals surface area contributed by atoms with Gasteiger partial charge in [-0.2, -0.15) is 0 Å². The van der Waals surface area contributed by atoms with E-state index in [1.165, 1.54) is 0 Å². The molecule has 5 nitrogen and oxygen atoms in total. The summed E-state index contributed by atoms with van der Waals surface area (Å²) >= 11 is 0. The van der Waals surface area contributed by atoms with Crippen molar-refractivity contribution in [1.29, 1.82) is 0 Å². The van der Waals surface area contributed by atoms with Crippen LogP contribution in [0.4, 0.5) is 5.69 Å². The van der Waals surface area contributed by atoms with Gasteiger partial charge in [0, 0.05) is 18.7 Å². The van der Waals surface area contributed by atoms with E-state index in [9.17, 15) is 4.79 Å². The number of likely N-dealkylation sites (N-methyl/N-ethyl adjacent to an activating group) is 1. The third kappa shape index (κ3) is 3.95. The Kier molecular flexibility index (Phi) is 4.98. The van der Waals surface area contributed by atoms with Gasteiger partial charge in [0.1, 0.15) is 11.9 Å². The Bertz CT molecular complexity index is 474. The molecule has 1 unspecified atom stereocenters. The molecule has 1 aliphatic heterocycles. The fourth-order valence-corrected chi connectivity index (χ4v) is 2.06. The maximum absolute atomic E-state index is 12.1. The Morgan fingerprint density at radius 3 is 3.05 bits per heavy atom. The highest BCUT2D eigenvalue weighted by Gasteiger charge is 2.17. The molecule has 2 N–H and O–H groups in total. The van der Waals surface area contributed by atoms with Gasteiger partial charge < -0.3 is 20.3 Å². The van der Waals surface area contributed by atoms with Crippen LogP contribution in [0.3, 0.4) is 0 Å². The summed E-state index contributed by atoms with van der Waals surface area (Å²) in [5.74, 6) is 0.924. The third-order valence-corrected chi connectivity index (χ3v) is 3.23. The van der Waals surface area contributed by atoms with E-state index in [-0.39, 0.29) is 11.9 Å². The van der Waals surface area contributed by atoms with Crippen molar-refractivity contribution < 1.29 is 9.53 Å². The highest BCUT2D eigenvalue weighted by atomic mass is 16.5. The zero-order valence-electron chi connectivity index (χ0n) is 12.4. The lowest BCUT2D eigenvalue weighted by atomic mass is 10.1. The number of carbonyl (C=O) groups is 1. The predicted octanol–water partition coefficient (Wildman–Crippen LogP) is 1.21. The first-order valence-electron chi connectivity index (χ1n) is 6.99. The minimum Gasteiger partial charge on any atom is -0.487 e. The summed E-state index contributed by atoms with van der Waals surface area (Å²) in [4.78, 5) is 14.2. The standard InChI is InChI=1S/C15H23N3O2/c1-11-9-17-13-8-12(4-5-15(13)20-11)14(19)10-16-6-7-18(2)3/h4-5,8,11,16-17H,6-7,9-10H2,1-3H3. The molecular weight excluding hydrogens is 254 g/mol. The van der Waals surface area contributed by atoms with Gasteiger partial charge in [0.05, 0.1) is 18.8 Å². The molecule has 0 bridgehead atoms. The van der Waals surface area contributed by atoms with Crippen molar-refractivity contribution in [2.45, 2.75) is 13.0 Å². The molecule has 0 aliphatic carbocycles. The number of benzene rings is 1. The second kappa shape index (κ2) is 6.72. The van der Waals surface area contributed by atoms with E-state index in [0.717, 1.165) is 31.1 Å². The van der Waals surface area contributed by atoms with E-state index in [0.29, 0.717) is 12.1 Å². The van der Waals surface area contributed by atoms with Crippen LogP contribution in [0, 0.1) is 0 Å². The van der Waals surface area contributed by atoms with Gasteiger partial charge in [-0.15, -0.1) is 0 Å². The molecule has 0 radical (unpaired) electrons. The molecule has 5 heteroatoms. The molecule has 1 aliphatic rings. The fourth-order valence-electron chi connectivity index (χ4n) is 2.06. The molecule has 0 aromatic heterocycles. The van der Waals surface area contributed by atoms with Crippen LogP contribution in [0.2, 0.25) is 0 Å². The maximum atomic E-state index is 12.1. The third-order valence-electron chi connectivity index (χ3n) is 3.23. The van der Waals surface area contributed by atoms with Crippen molar-refractivity contribution >= 4 is 11.5 Å². The summed E-state index contributed by atoms with van der Waals surface area (Å²) in [6.45, 7) is 4.88. The van der Waals surface area contributed by atoms with Crippen molar-refractivity contribution in [3.05, 3.63) is 23.8 Å². The summed E-state index contributed by atoms with van der Waals surface area (Å²) in [7, 11) is 4.03. The second-order valence-electron chi connectivity index (χ2n) is 5.42. The van der Waals surface area contributed by atoms with Crippen molar-refractivity contribution in [3.8, 4) is 5.75 Å². The number of hydrogen-bond acceptors (Lipinski definition) is 5. The topological polar surface area (TPSA) is 53.6 Å². The SMILES string of the molecule is CC1CNc2cc(C(=O)CNCCN(C)C)ccc2O1. The van der Waals surface area contributed by atoms with Gasteiger partial charge in [-0.3, -0.25) is 4.79 Å². The Hall–Kier alpha value is -1.59. The maximum Gasteiger partial charge on any atom is 0.176 e. The van der Waals surface area contributed by atoms with Crippen molar-refractivity contribution in [1.82, 2.24) is 10.2 Å². The highest BCUT2D eigenvalue weighted by Crippen LogP contribution is 2.29. The van der Waals surface area contributed by atoms with Gasteiger partial charge in [0.15, 0.2) is 5.78 Å². The number of ether oxygens (including phenoxy) is 1. The largest absolute Gasteiger partial charge is 0.487 e. The molecule has 1 atom stereocenters. The van der Waals surface area contributed by atoms with Crippen molar-refractivity contribution in [2.24, 2.45) is 0 Å². The number of nitrogens with zero attached hydrogens (tertiary/aromatic N) is 1. The van der Waals surface area contributed by atoms with Gasteiger partial charge in [-0.1, -0.05) is 0 Å². The quantitative estimate of drug-likeness (QED) is 0.605. The Labute approximate surface area is 120 Å². The summed E-state index contributed by atoms with van der Waals surface area (Å²) in [5, 5.41) is 6.44. The van der Waals surface area contributed by atoms with Crippen molar-refractivity contribution in [3.63, 3.8) is 0 Å². The van der Waals surface area contributed by atoms with Gasteiger partial charge >= 0.3 is 0 Å². The van der Waals surface area contributed by atoms with E-state index >= 15 is 0 Å². The van der Waals surface area contributed by atoms with Crippen LogP contribution in [-0.4, -0.2) is 57.1 Å². The lowest BCUT2D eigenvalue weighted by molar-refractivity contribution is 0.0990. The van der Waals surface area contributed by atoms with Crippen LogP contribution in [-0.2, 0) is 0 Å². The molecule has 1 heterocycles. The van der Waals surface area contributed by atoms with Crippen LogP contribution in [0.15, 0.2) is 18.2 Å². The van der Waals surface area contributed by atoms with Crippen LogP contribution in [0.1, 0.15) is 17.3 Å². The number of fused-ring (bicyclic) bond motifs is 1. The first-order valence-corrected chi connectivity index (χ1v) is 6.99. The van der Waals surface area contributed by atoms with Crippen LogP contribution in [0.25, 0.3) is 0 Å². The Morgan fingerprint density at radius 1 is 1.50 bits per heavy atom. The first-order chi connectivity index (χ1) is 9.56. The number of Topliss-reactive ketones (excluding diaryl/α,β-unsaturated/α-hetero) is 1. The summed E-state index contributed by atoms with van der Waals surface area (Å²) < 4.78 is 5.70. The minimum atomic E-state index is 0.104. The molecule has 0 fully saturated rings. The Morgan fingerprint density at radius 2 is 2.30 bits per heavy atom. The van der Waals surface area contributed by atoms with E-state index in [2.05, 4.69) is 15.5 Å². The summed E-state index contributed by atoms with van der Waals surface area (Å²) in [6.07, 6.45) is 0.164. The normalized spacial score (nSPS) is 17.3. The van der Waals surface area contributed by atoms with E-state index in [1.807, 2.05) is 39.2 Å². The average molecular weight is 277 g/mol. The van der Waals surface area contributed by atoms with Crippen LogP contribution in [0.5, 0.6) is 5.75 Å². The van der Waals surface area contributed by atoms with E-state index < -0.39 is 0 Å². The molecule has 2 rings (SSSR count). The lowest BCUT2D eigenvalue weighted by Crippen LogP contribution is -2.31. The zero-order chi connectivity index (χ0) is 14.5. The molecule has 0 saturated carbocycles. The van der Waals surface area contributed by atoms with Gasteiger partial charge in [0.2, 0.25) is 0 Å². The molecule has 110 valence electrons. The van der Waals surface area contributed by atoms with Crippen LogP contribution >= 0.6 is 0 Å². The van der Waals surface area contributed by atoms with Crippen LogP contribution < -0.4 is 15.4 Å². The summed E-state index contributed by atoms with van der Waals surface area (Å²) in [5.41, 5.74) is 1.62. The van der Waals surface area contributed by atoms with E-state index in [1.54, 1.807) is 0 Å². The second-order valence-corrected chi connectivity index (χ2v) is 5.42. The van der Waals surface area contributed by atoms with Crippen molar-refractivity contribution in [2.75, 3.05) is 45.6 Å². The van der Waals surface area contributed by atoms with Gasteiger partial charge in [-0.25, -0.2) is 0 Å². The highest BCUT2D eigenvalue weighted by molar-refractivity contribution is 5.98. The minimum absolute atomic E-state index is 0.104. The Balaban J connectivity index is 1.91. The van der Waals surface area contributed by atoms with Gasteiger partial charge in [-0.05, 0) is 39.2 Å². The predicted molar refractivity (Wildman–Crippen MR) is 80.8 cm³/mol. The molecule has 0 spiro atoms. The number of carbonyl (C=O) groups excluding carboxylic acids is 1. The average Bonchev–Trinajstić information content (AvgIpc) is 2.42. The molecular formula is C15H23N3O2. The smallest absolute Gasteiger partial charge is 0.176 e. The molecule has 0 amide bonds. The first kappa shape index (κ1) is 14.8. The molecule has 1 aromatic rings. The number of rotatable bonds is 6. The monoisotopic (exact) mass is 277 g/mol. The number of ketones is 1. The number of hydrogen-bond donors (Lipinski definition) is 2. The molecule has 0 saturated heterocycles. The fraction of sp³-hybridized carbons (Fsp3) is 0.533. The summed E-state index contributed by atoms with van der Waals surface area (Å²) in [6, 6.07) is 5.57. The zero-order valence-corrected chi connectivity index (χ0v) is 12.4. The molecule has 20 heavy (non-hydrogen) atoms. The number of nitrogens with one attached hydrogen (secondary N) is 2. The number of anilines is 1. The van der Waals surface area contributed by atoms with E-state index in [4.69, 9.17) is 4.74 Å². The van der Waals surface area contributed by atoms with Gasteiger partial charge in [0.25, 0.3) is 0 Å².